The maximum Gasteiger partial charge on any atom is 0.0619 e. The van der Waals surface area contributed by atoms with E-state index in [9.17, 15) is 0 Å². The number of fused-ring (bicyclic) bond motifs is 11. The van der Waals surface area contributed by atoms with E-state index in [1.165, 1.54) is 126 Å². The molecule has 0 saturated carbocycles. The molecule has 2 aromatic heterocycles. The summed E-state index contributed by atoms with van der Waals surface area (Å²) in [6.07, 6.45) is 0. The molecular weight excluding hydrogens is 773 g/mol. The summed E-state index contributed by atoms with van der Waals surface area (Å²) in [6.45, 7) is 0. The van der Waals surface area contributed by atoms with Crippen LogP contribution in [0.25, 0.3) is 132 Å². The maximum absolute atomic E-state index is 2.48. The first kappa shape index (κ1) is 35.2. The van der Waals surface area contributed by atoms with Crippen LogP contribution >= 0.6 is 0 Å². The van der Waals surface area contributed by atoms with Crippen molar-refractivity contribution in [1.29, 1.82) is 0 Å². The van der Waals surface area contributed by atoms with Crippen molar-refractivity contribution in [2.24, 2.45) is 0 Å². The fourth-order valence-corrected chi connectivity index (χ4v) is 11.0. The molecule has 13 aromatic rings. The Balaban J connectivity index is 0.909. The van der Waals surface area contributed by atoms with E-state index in [1.807, 2.05) is 0 Å². The fourth-order valence-electron chi connectivity index (χ4n) is 11.0. The van der Waals surface area contributed by atoms with Crippen molar-refractivity contribution in [2.45, 2.75) is 0 Å². The van der Waals surface area contributed by atoms with Crippen molar-refractivity contribution in [3.05, 3.63) is 231 Å². The van der Waals surface area contributed by atoms with Crippen molar-refractivity contribution >= 4 is 65.2 Å². The van der Waals surface area contributed by atoms with Gasteiger partial charge in [0.25, 0.3) is 0 Å². The summed E-state index contributed by atoms with van der Waals surface area (Å²) in [5, 5.41) is 10.2. The summed E-state index contributed by atoms with van der Waals surface area (Å²) in [4.78, 5) is 0. The quantitative estimate of drug-likeness (QED) is 0.164. The third-order valence-electron chi connectivity index (χ3n) is 13.9. The van der Waals surface area contributed by atoms with Crippen molar-refractivity contribution in [3.63, 3.8) is 0 Å². The number of benzene rings is 11. The Hall–Kier alpha value is -8.46. The average Bonchev–Trinajstić information content (AvgIpc) is 4.00. The number of nitrogens with zero attached hydrogens (tertiary/aromatic N) is 2. The molecule has 2 heterocycles. The molecule has 11 aromatic carbocycles. The number of para-hydroxylation sites is 3. The summed E-state index contributed by atoms with van der Waals surface area (Å²) in [7, 11) is 0. The number of hydrogen-bond acceptors (Lipinski definition) is 0. The van der Waals surface area contributed by atoms with Crippen LogP contribution in [-0.4, -0.2) is 9.13 Å². The largest absolute Gasteiger partial charge is 0.309 e. The van der Waals surface area contributed by atoms with Gasteiger partial charge in [0, 0.05) is 38.2 Å². The highest BCUT2D eigenvalue weighted by molar-refractivity contribution is 6.20. The molecule has 0 spiro atoms. The fraction of sp³-hybridized carbons (Fsp3) is 0. The smallest absolute Gasteiger partial charge is 0.0619 e. The van der Waals surface area contributed by atoms with E-state index in [1.54, 1.807) is 0 Å². The molecule has 0 fully saturated rings. The first-order valence-corrected chi connectivity index (χ1v) is 22.2. The van der Waals surface area contributed by atoms with Crippen LogP contribution in [0.15, 0.2) is 231 Å². The second-order valence-electron chi connectivity index (χ2n) is 17.2. The van der Waals surface area contributed by atoms with E-state index in [0.29, 0.717) is 0 Å². The Labute approximate surface area is 370 Å². The molecule has 0 N–H and O–H groups in total. The molecule has 0 atom stereocenters. The summed E-state index contributed by atoms with van der Waals surface area (Å²) in [6, 6.07) is 85.2. The van der Waals surface area contributed by atoms with Gasteiger partial charge < -0.3 is 9.13 Å². The van der Waals surface area contributed by atoms with Gasteiger partial charge in [-0.2, -0.15) is 0 Å². The van der Waals surface area contributed by atoms with Gasteiger partial charge in [-0.25, -0.2) is 0 Å². The number of rotatable bonds is 5. The van der Waals surface area contributed by atoms with Crippen LogP contribution in [0.5, 0.6) is 0 Å². The average molecular weight is 811 g/mol. The second-order valence-corrected chi connectivity index (χ2v) is 17.2. The highest BCUT2D eigenvalue weighted by Crippen LogP contribution is 2.49. The van der Waals surface area contributed by atoms with E-state index in [-0.39, 0.29) is 0 Å². The minimum absolute atomic E-state index is 1.16. The maximum atomic E-state index is 2.48. The van der Waals surface area contributed by atoms with Crippen molar-refractivity contribution < 1.29 is 0 Å². The van der Waals surface area contributed by atoms with E-state index in [2.05, 4.69) is 240 Å². The first-order valence-electron chi connectivity index (χ1n) is 22.2. The number of aromatic nitrogens is 2. The molecule has 2 heteroatoms. The molecule has 1 aliphatic rings. The molecule has 0 amide bonds. The second kappa shape index (κ2) is 13.5. The molecule has 0 unspecified atom stereocenters. The summed E-state index contributed by atoms with van der Waals surface area (Å²) >= 11 is 0. The molecule has 296 valence electrons. The summed E-state index contributed by atoms with van der Waals surface area (Å²) < 4.78 is 4.91. The minimum atomic E-state index is 1.16. The van der Waals surface area contributed by atoms with Gasteiger partial charge in [0.1, 0.15) is 0 Å². The molecule has 0 bridgehead atoms. The van der Waals surface area contributed by atoms with Gasteiger partial charge in [0.15, 0.2) is 0 Å². The third-order valence-corrected chi connectivity index (χ3v) is 13.9. The van der Waals surface area contributed by atoms with Gasteiger partial charge in [-0.15, -0.1) is 0 Å². The Morgan fingerprint density at radius 1 is 0.250 bits per heavy atom. The molecule has 0 radical (unpaired) electrons. The van der Waals surface area contributed by atoms with Crippen LogP contribution < -0.4 is 0 Å². The summed E-state index contributed by atoms with van der Waals surface area (Å²) in [5.74, 6) is 0. The van der Waals surface area contributed by atoms with E-state index < -0.39 is 0 Å². The summed E-state index contributed by atoms with van der Waals surface area (Å²) in [5.41, 5.74) is 19.7. The van der Waals surface area contributed by atoms with Crippen LogP contribution in [0.2, 0.25) is 0 Å². The van der Waals surface area contributed by atoms with E-state index >= 15 is 0 Å². The molecular formula is C62H38N2. The molecule has 2 nitrogen and oxygen atoms in total. The van der Waals surface area contributed by atoms with Crippen molar-refractivity contribution in [2.75, 3.05) is 0 Å². The lowest BCUT2D eigenvalue weighted by molar-refractivity contribution is 1.18. The number of hydrogen-bond donors (Lipinski definition) is 0. The van der Waals surface area contributed by atoms with E-state index in [0.717, 1.165) is 5.69 Å². The van der Waals surface area contributed by atoms with Crippen LogP contribution in [0.1, 0.15) is 0 Å². The molecule has 14 rings (SSSR count). The Morgan fingerprint density at radius 2 is 0.812 bits per heavy atom. The van der Waals surface area contributed by atoms with Crippen LogP contribution in [0.4, 0.5) is 0 Å². The van der Waals surface area contributed by atoms with Gasteiger partial charge in [-0.1, -0.05) is 188 Å². The lowest BCUT2D eigenvalue weighted by Crippen LogP contribution is -1.97. The minimum Gasteiger partial charge on any atom is -0.309 e. The predicted molar refractivity (Wildman–Crippen MR) is 271 cm³/mol. The normalized spacial score (nSPS) is 12.1. The highest BCUT2D eigenvalue weighted by Gasteiger charge is 2.23. The first-order chi connectivity index (χ1) is 31.8. The molecule has 0 saturated heterocycles. The SMILES string of the molecule is c1ccc(-n2c3ccc(-c4ccc5c6ccccc6n(-c6ccccc6-c6ccc(-c7ccc8c9c(cccc79)-c7ccccc7-8)cc6)c5c4)cc3c3ccc4ccccc4c32)cc1. The lowest BCUT2D eigenvalue weighted by Gasteiger charge is -2.15. The van der Waals surface area contributed by atoms with Crippen LogP contribution in [-0.2, 0) is 0 Å². The van der Waals surface area contributed by atoms with Crippen LogP contribution in [0.3, 0.4) is 0 Å². The van der Waals surface area contributed by atoms with Crippen molar-refractivity contribution in [3.8, 4) is 67.0 Å². The monoisotopic (exact) mass is 810 g/mol. The van der Waals surface area contributed by atoms with Gasteiger partial charge in [0.05, 0.1) is 27.8 Å². The zero-order valence-electron chi connectivity index (χ0n) is 34.8. The van der Waals surface area contributed by atoms with Gasteiger partial charge in [-0.05, 0) is 109 Å². The van der Waals surface area contributed by atoms with Crippen molar-refractivity contribution in [1.82, 2.24) is 9.13 Å². The topological polar surface area (TPSA) is 9.86 Å². The van der Waals surface area contributed by atoms with E-state index in [4.69, 9.17) is 0 Å². The molecule has 0 aliphatic heterocycles. The van der Waals surface area contributed by atoms with Gasteiger partial charge in [-0.3, -0.25) is 0 Å². The van der Waals surface area contributed by atoms with Gasteiger partial charge in [0.2, 0.25) is 0 Å². The Kier molecular flexibility index (Phi) is 7.43. The Morgan fingerprint density at radius 3 is 1.66 bits per heavy atom. The Bertz CT molecular complexity index is 4020. The zero-order chi connectivity index (χ0) is 41.9. The highest BCUT2D eigenvalue weighted by atomic mass is 15.0. The third kappa shape index (κ3) is 5.02. The molecule has 1 aliphatic carbocycles. The lowest BCUT2D eigenvalue weighted by atomic mass is 9.93. The van der Waals surface area contributed by atoms with Crippen LogP contribution in [0, 0.1) is 0 Å². The molecule has 64 heavy (non-hydrogen) atoms. The zero-order valence-corrected chi connectivity index (χ0v) is 34.8. The standard InChI is InChI=1S/C62H38N2/c1-2-14-44(15-3-1)63-59-36-31-42(37-56(59)55-33-29-39-13-4-5-17-47(39)62(55)63)43-30-32-51-50-20-9-11-24-58(50)64(60(51)38-43)57-23-10-8-16-46(57)41-27-25-40(26-28-41)45-34-35-54-49-19-7-6-18-48(49)53-22-12-21-52(45)61(53)54/h1-38H. The predicted octanol–water partition coefficient (Wildman–Crippen LogP) is 16.8. The van der Waals surface area contributed by atoms with Gasteiger partial charge >= 0.3 is 0 Å².